The number of aryl methyl sites for hydroxylation is 6. The van der Waals surface area contributed by atoms with Gasteiger partial charge in [-0.15, -0.1) is 0 Å². The van der Waals surface area contributed by atoms with Gasteiger partial charge in [0, 0.05) is 50.4 Å². The lowest BCUT2D eigenvalue weighted by atomic mass is 9.34. The van der Waals surface area contributed by atoms with Crippen LogP contribution in [0.4, 0.5) is 34.1 Å². The summed E-state index contributed by atoms with van der Waals surface area (Å²) in [5.41, 5.74) is 36.4. The molecule has 0 amide bonds. The Labute approximate surface area is 502 Å². The van der Waals surface area contributed by atoms with E-state index in [-0.39, 0.29) is 23.0 Å². The van der Waals surface area contributed by atoms with Crippen LogP contribution >= 0.6 is 0 Å². The maximum absolute atomic E-state index is 2.73. The number of benzene rings is 10. The van der Waals surface area contributed by atoms with E-state index in [1.54, 1.807) is 16.7 Å². The Bertz CT molecular complexity index is 3860. The fourth-order valence-electron chi connectivity index (χ4n) is 17.3. The van der Waals surface area contributed by atoms with Crippen LogP contribution in [-0.2, 0) is 16.2 Å². The average Bonchev–Trinajstić information content (AvgIpc) is 1.72. The predicted octanol–water partition coefficient (Wildman–Crippen LogP) is 20.3. The van der Waals surface area contributed by atoms with Crippen LogP contribution in [-0.4, -0.2) is 6.71 Å². The lowest BCUT2D eigenvalue weighted by Crippen LogP contribution is -2.56. The van der Waals surface area contributed by atoms with E-state index in [0.717, 1.165) is 61.3 Å². The van der Waals surface area contributed by atoms with Crippen molar-refractivity contribution in [3.63, 3.8) is 0 Å². The van der Waals surface area contributed by atoms with Gasteiger partial charge in [0.2, 0.25) is 6.71 Å². The molecule has 0 saturated heterocycles. The second-order valence-corrected chi connectivity index (χ2v) is 25.0. The summed E-state index contributed by atoms with van der Waals surface area (Å²) in [6, 6.07) is 76.9. The standard InChI is InChI=1S/C81H81BN2/c1-13-79(14-2)68-42-39-58(82(77-54(9)45-52(7)46-55(77)10)78-56(11)47-53(8)48-57(78)12)49-65(68)71-74(79)72-67-51-64(84(61-35-27-21-28-36-61)62-37-29-22-30-38-62)41-44-70(67)81(17-5,18-6)76(72)73-66-50-63(40-43-69(66)80(15-3,16-4)75(71)73)83(59-31-23-19-24-32-59)60-33-25-20-26-34-60/h19-51H,13-18H2,1-12H3. The Balaban J connectivity index is 1.20. The Morgan fingerprint density at radius 3 is 0.857 bits per heavy atom. The fraction of sp³-hybridized carbons (Fsp3) is 0.259. The van der Waals surface area contributed by atoms with Crippen LogP contribution in [0.2, 0.25) is 0 Å². The third-order valence-electron chi connectivity index (χ3n) is 20.9. The molecule has 0 fully saturated rings. The molecule has 10 aromatic carbocycles. The molecular formula is C81H81BN2. The first-order valence-electron chi connectivity index (χ1n) is 31.5. The van der Waals surface area contributed by atoms with Gasteiger partial charge in [-0.2, -0.15) is 0 Å². The summed E-state index contributed by atoms with van der Waals surface area (Å²) in [6.07, 6.45) is 5.96. The van der Waals surface area contributed by atoms with Crippen molar-refractivity contribution in [3.8, 4) is 33.4 Å². The first-order valence-corrected chi connectivity index (χ1v) is 31.5. The summed E-state index contributed by atoms with van der Waals surface area (Å²) >= 11 is 0. The number of nitrogens with zero attached hydrogens (tertiary/aromatic N) is 2. The number of para-hydroxylation sites is 4. The molecule has 0 unspecified atom stereocenters. The number of hydrogen-bond donors (Lipinski definition) is 0. The first-order chi connectivity index (χ1) is 40.8. The van der Waals surface area contributed by atoms with Gasteiger partial charge in [-0.1, -0.05) is 219 Å². The Morgan fingerprint density at radius 2 is 0.571 bits per heavy atom. The molecule has 10 aromatic rings. The second kappa shape index (κ2) is 21.2. The molecule has 3 heteroatoms. The van der Waals surface area contributed by atoms with Gasteiger partial charge in [0.15, 0.2) is 0 Å². The zero-order chi connectivity index (χ0) is 58.4. The molecule has 0 atom stereocenters. The zero-order valence-electron chi connectivity index (χ0n) is 51.8. The monoisotopic (exact) mass is 1090 g/mol. The second-order valence-electron chi connectivity index (χ2n) is 25.0. The van der Waals surface area contributed by atoms with Gasteiger partial charge >= 0.3 is 0 Å². The molecule has 0 bridgehead atoms. The summed E-state index contributed by atoms with van der Waals surface area (Å²) in [5.74, 6) is 0. The van der Waals surface area contributed by atoms with Crippen molar-refractivity contribution < 1.29 is 0 Å². The summed E-state index contributed by atoms with van der Waals surface area (Å²) in [4.78, 5) is 4.96. The van der Waals surface area contributed by atoms with Crippen LogP contribution in [0, 0.1) is 41.5 Å². The van der Waals surface area contributed by atoms with Gasteiger partial charge in [-0.3, -0.25) is 0 Å². The highest BCUT2D eigenvalue weighted by Gasteiger charge is 2.57. The highest BCUT2D eigenvalue weighted by molar-refractivity contribution is 6.96. The summed E-state index contributed by atoms with van der Waals surface area (Å²) in [5, 5.41) is 0. The molecule has 0 heterocycles. The molecule has 0 radical (unpaired) electrons. The third kappa shape index (κ3) is 8.04. The topological polar surface area (TPSA) is 6.48 Å². The highest BCUT2D eigenvalue weighted by atomic mass is 15.1. The van der Waals surface area contributed by atoms with E-state index in [9.17, 15) is 0 Å². The predicted molar refractivity (Wildman–Crippen MR) is 362 cm³/mol. The largest absolute Gasteiger partial charge is 0.310 e. The Kier molecular flexibility index (Phi) is 13.9. The minimum atomic E-state index is -0.255. The van der Waals surface area contributed by atoms with Crippen molar-refractivity contribution in [3.05, 3.63) is 267 Å². The van der Waals surface area contributed by atoms with Crippen molar-refractivity contribution in [2.45, 2.75) is 138 Å². The van der Waals surface area contributed by atoms with Gasteiger partial charge < -0.3 is 9.80 Å². The molecule has 84 heavy (non-hydrogen) atoms. The number of rotatable bonds is 15. The minimum absolute atomic E-state index is 0.0440. The number of fused-ring (bicyclic) bond motifs is 12. The smallest absolute Gasteiger partial charge is 0.242 e. The van der Waals surface area contributed by atoms with E-state index >= 15 is 0 Å². The molecule has 3 aliphatic rings. The Morgan fingerprint density at radius 1 is 0.298 bits per heavy atom. The van der Waals surface area contributed by atoms with Gasteiger partial charge in [0.25, 0.3) is 0 Å². The van der Waals surface area contributed by atoms with Crippen LogP contribution in [0.25, 0.3) is 33.4 Å². The SMILES string of the molecule is CCC1(CC)c2ccc(B(c3c(C)cc(C)cc3C)c3c(C)cc(C)cc3C)cc2-c2c1c1c(c3c2C(CC)(CC)c2ccc(N(c4ccccc4)c4ccccc4)cc2-3)C(CC)(CC)c2ccc(N(c3ccccc3)c3ccccc3)cc2-1. The summed E-state index contributed by atoms with van der Waals surface area (Å²) in [6.45, 7) is 28.9. The van der Waals surface area contributed by atoms with Crippen LogP contribution in [0.15, 0.2) is 200 Å². The van der Waals surface area contributed by atoms with Gasteiger partial charge in [0.05, 0.1) is 0 Å². The first kappa shape index (κ1) is 55.1. The number of hydrogen-bond acceptors (Lipinski definition) is 2. The lowest BCUT2D eigenvalue weighted by molar-refractivity contribution is 0.473. The molecule has 418 valence electrons. The molecule has 0 aromatic heterocycles. The zero-order valence-corrected chi connectivity index (χ0v) is 51.8. The normalized spacial score (nSPS) is 14.3. The molecule has 0 spiro atoms. The van der Waals surface area contributed by atoms with E-state index in [2.05, 4.69) is 293 Å². The van der Waals surface area contributed by atoms with E-state index in [0.29, 0.717) is 0 Å². The van der Waals surface area contributed by atoms with Crippen molar-refractivity contribution in [2.75, 3.05) is 9.80 Å². The average molecular weight is 1090 g/mol. The lowest BCUT2D eigenvalue weighted by Gasteiger charge is -2.37. The van der Waals surface area contributed by atoms with Crippen LogP contribution in [0.1, 0.15) is 147 Å². The maximum Gasteiger partial charge on any atom is 0.242 e. The molecule has 0 N–H and O–H groups in total. The highest BCUT2D eigenvalue weighted by Crippen LogP contribution is 2.71. The van der Waals surface area contributed by atoms with Crippen LogP contribution in [0.3, 0.4) is 0 Å². The van der Waals surface area contributed by atoms with Crippen molar-refractivity contribution in [1.82, 2.24) is 0 Å². The van der Waals surface area contributed by atoms with E-state index in [4.69, 9.17) is 0 Å². The van der Waals surface area contributed by atoms with Crippen LogP contribution < -0.4 is 26.2 Å². The van der Waals surface area contributed by atoms with Crippen molar-refractivity contribution in [2.24, 2.45) is 0 Å². The quantitative estimate of drug-likeness (QED) is 0.0944. The van der Waals surface area contributed by atoms with Gasteiger partial charge in [-0.25, -0.2) is 0 Å². The molecule has 3 aliphatic carbocycles. The molecule has 0 aliphatic heterocycles. The van der Waals surface area contributed by atoms with Gasteiger partial charge in [0.1, 0.15) is 0 Å². The molecule has 0 saturated carbocycles. The third-order valence-corrected chi connectivity index (χ3v) is 20.9. The van der Waals surface area contributed by atoms with Crippen molar-refractivity contribution in [1.29, 1.82) is 0 Å². The van der Waals surface area contributed by atoms with Gasteiger partial charge in [-0.05, 0) is 220 Å². The van der Waals surface area contributed by atoms with E-state index in [1.165, 1.54) is 111 Å². The summed E-state index contributed by atoms with van der Waals surface area (Å²) in [7, 11) is 0. The van der Waals surface area contributed by atoms with E-state index in [1.807, 2.05) is 0 Å². The van der Waals surface area contributed by atoms with E-state index < -0.39 is 0 Å². The minimum Gasteiger partial charge on any atom is -0.310 e. The fourth-order valence-corrected chi connectivity index (χ4v) is 17.3. The number of anilines is 6. The van der Waals surface area contributed by atoms with Crippen LogP contribution in [0.5, 0.6) is 0 Å². The maximum atomic E-state index is 2.73. The van der Waals surface area contributed by atoms with Crippen molar-refractivity contribution >= 4 is 57.2 Å². The summed E-state index contributed by atoms with van der Waals surface area (Å²) < 4.78 is 0. The Hall–Kier alpha value is -8.14. The molecule has 13 rings (SSSR count). The molecular weight excluding hydrogens is 1010 g/mol. The molecule has 2 nitrogen and oxygen atoms in total.